The van der Waals surface area contributed by atoms with Crippen LogP contribution in [0.3, 0.4) is 0 Å². The molecule has 3 rings (SSSR count). The predicted octanol–water partition coefficient (Wildman–Crippen LogP) is 5.08. The molecule has 21 heavy (non-hydrogen) atoms. The Morgan fingerprint density at radius 1 is 1.29 bits per heavy atom. The number of nitrogens with one attached hydrogen (secondary N) is 1. The largest absolute Gasteiger partial charge is 0.487 e. The molecule has 0 saturated heterocycles. The molecule has 1 heterocycles. The first-order valence-corrected chi connectivity index (χ1v) is 8.98. The van der Waals surface area contributed by atoms with Crippen molar-refractivity contribution in [2.24, 2.45) is 11.8 Å². The summed E-state index contributed by atoms with van der Waals surface area (Å²) in [4.78, 5) is 0. The van der Waals surface area contributed by atoms with E-state index in [0.717, 1.165) is 28.5 Å². The molecular formula is C18H26BrNO. The van der Waals surface area contributed by atoms with Gasteiger partial charge in [0.1, 0.15) is 11.4 Å². The fourth-order valence-electron chi connectivity index (χ4n) is 4.04. The van der Waals surface area contributed by atoms with Crippen molar-refractivity contribution in [1.29, 1.82) is 0 Å². The van der Waals surface area contributed by atoms with Crippen molar-refractivity contribution in [3.8, 4) is 5.75 Å². The minimum atomic E-state index is 0.0485. The molecule has 3 heteroatoms. The van der Waals surface area contributed by atoms with E-state index in [1.165, 1.54) is 31.2 Å². The van der Waals surface area contributed by atoms with Gasteiger partial charge in [0.2, 0.25) is 0 Å². The number of hydrogen-bond donors (Lipinski definition) is 1. The number of hydrogen-bond acceptors (Lipinski definition) is 2. The molecule has 1 spiro atoms. The molecule has 0 radical (unpaired) electrons. The Morgan fingerprint density at radius 3 is 2.62 bits per heavy atom. The van der Waals surface area contributed by atoms with Gasteiger partial charge in [0.15, 0.2) is 0 Å². The summed E-state index contributed by atoms with van der Waals surface area (Å²) in [6.45, 7) is 4.71. The van der Waals surface area contributed by atoms with E-state index in [1.807, 2.05) is 0 Å². The third-order valence-electron chi connectivity index (χ3n) is 5.49. The smallest absolute Gasteiger partial charge is 0.126 e. The van der Waals surface area contributed by atoms with Gasteiger partial charge < -0.3 is 10.1 Å². The molecule has 2 nitrogen and oxygen atoms in total. The fourth-order valence-corrected chi connectivity index (χ4v) is 4.38. The van der Waals surface area contributed by atoms with Crippen LogP contribution in [0.4, 0.5) is 0 Å². The Hall–Kier alpha value is -0.540. The lowest BCUT2D eigenvalue weighted by atomic mass is 9.71. The van der Waals surface area contributed by atoms with Crippen LogP contribution >= 0.6 is 15.9 Å². The van der Waals surface area contributed by atoms with Crippen LogP contribution in [0.5, 0.6) is 5.75 Å². The zero-order valence-corrected chi connectivity index (χ0v) is 14.9. The van der Waals surface area contributed by atoms with Crippen molar-refractivity contribution in [3.05, 3.63) is 28.2 Å². The molecule has 1 aliphatic heterocycles. The van der Waals surface area contributed by atoms with E-state index in [-0.39, 0.29) is 5.60 Å². The van der Waals surface area contributed by atoms with Gasteiger partial charge in [0.05, 0.1) is 0 Å². The minimum absolute atomic E-state index is 0.0485. The van der Waals surface area contributed by atoms with Crippen molar-refractivity contribution in [2.45, 2.75) is 57.6 Å². The standard InChI is InChI=1S/C18H26BrNO/c1-12(2)13-6-8-18(9-7-13)11-16(20-3)15-5-4-14(19)10-17(15)21-18/h4-5,10,12-13,16,20H,6-9,11H2,1-3H3. The molecule has 1 fully saturated rings. The van der Waals surface area contributed by atoms with Gasteiger partial charge in [0.25, 0.3) is 0 Å². The molecule has 1 atom stereocenters. The quantitative estimate of drug-likeness (QED) is 0.802. The van der Waals surface area contributed by atoms with E-state index in [4.69, 9.17) is 4.74 Å². The normalized spacial score (nSPS) is 32.0. The number of fused-ring (bicyclic) bond motifs is 1. The molecule has 1 saturated carbocycles. The summed E-state index contributed by atoms with van der Waals surface area (Å²) >= 11 is 3.57. The van der Waals surface area contributed by atoms with E-state index in [9.17, 15) is 0 Å². The number of rotatable bonds is 2. The Balaban J connectivity index is 1.83. The molecule has 1 unspecified atom stereocenters. The Kier molecular flexibility index (Phi) is 4.33. The summed E-state index contributed by atoms with van der Waals surface area (Å²) in [5, 5.41) is 3.49. The zero-order chi connectivity index (χ0) is 15.0. The zero-order valence-electron chi connectivity index (χ0n) is 13.3. The summed E-state index contributed by atoms with van der Waals surface area (Å²) < 4.78 is 7.63. The van der Waals surface area contributed by atoms with Gasteiger partial charge in [-0.15, -0.1) is 0 Å². The van der Waals surface area contributed by atoms with Crippen molar-refractivity contribution in [2.75, 3.05) is 7.05 Å². The molecule has 2 aliphatic rings. The molecule has 1 N–H and O–H groups in total. The summed E-state index contributed by atoms with van der Waals surface area (Å²) in [5.74, 6) is 2.74. The van der Waals surface area contributed by atoms with Crippen molar-refractivity contribution >= 4 is 15.9 Å². The maximum atomic E-state index is 6.53. The summed E-state index contributed by atoms with van der Waals surface area (Å²) in [5.41, 5.74) is 1.35. The van der Waals surface area contributed by atoms with Crippen molar-refractivity contribution in [3.63, 3.8) is 0 Å². The first-order valence-electron chi connectivity index (χ1n) is 8.19. The van der Waals surface area contributed by atoms with Crippen molar-refractivity contribution in [1.82, 2.24) is 5.32 Å². The lowest BCUT2D eigenvalue weighted by Gasteiger charge is -2.46. The van der Waals surface area contributed by atoms with Crippen LogP contribution in [0.15, 0.2) is 22.7 Å². The average molecular weight is 352 g/mol. The van der Waals surface area contributed by atoms with Gasteiger partial charge in [0, 0.05) is 22.5 Å². The molecule has 1 aromatic carbocycles. The number of benzene rings is 1. The third-order valence-corrected chi connectivity index (χ3v) is 5.98. The maximum absolute atomic E-state index is 6.53. The Morgan fingerprint density at radius 2 is 2.00 bits per heavy atom. The molecule has 1 aliphatic carbocycles. The number of halogens is 1. The summed E-state index contributed by atoms with van der Waals surface area (Å²) in [6, 6.07) is 6.85. The van der Waals surface area contributed by atoms with Crippen LogP contribution in [-0.4, -0.2) is 12.6 Å². The molecule has 1 aromatic rings. The highest BCUT2D eigenvalue weighted by Gasteiger charge is 2.43. The predicted molar refractivity (Wildman–Crippen MR) is 90.7 cm³/mol. The second-order valence-electron chi connectivity index (χ2n) is 7.09. The monoisotopic (exact) mass is 351 g/mol. The van der Waals surface area contributed by atoms with Gasteiger partial charge >= 0.3 is 0 Å². The van der Waals surface area contributed by atoms with Crippen LogP contribution in [-0.2, 0) is 0 Å². The van der Waals surface area contributed by atoms with E-state index in [1.54, 1.807) is 0 Å². The second kappa shape index (κ2) is 5.92. The van der Waals surface area contributed by atoms with Gasteiger partial charge in [-0.05, 0) is 56.7 Å². The van der Waals surface area contributed by atoms with Crippen LogP contribution in [0.25, 0.3) is 0 Å². The van der Waals surface area contributed by atoms with E-state index < -0.39 is 0 Å². The number of ether oxygens (including phenoxy) is 1. The highest BCUT2D eigenvalue weighted by Crippen LogP contribution is 2.48. The van der Waals surface area contributed by atoms with Crippen molar-refractivity contribution < 1.29 is 4.74 Å². The molecule has 116 valence electrons. The van der Waals surface area contributed by atoms with Gasteiger partial charge in [-0.3, -0.25) is 0 Å². The molecular weight excluding hydrogens is 326 g/mol. The summed E-state index contributed by atoms with van der Waals surface area (Å²) in [6.07, 6.45) is 6.10. The van der Waals surface area contributed by atoms with E-state index in [2.05, 4.69) is 60.3 Å². The van der Waals surface area contributed by atoms with E-state index in [0.29, 0.717) is 6.04 Å². The van der Waals surface area contributed by atoms with Crippen LogP contribution in [0.2, 0.25) is 0 Å². The second-order valence-corrected chi connectivity index (χ2v) is 8.01. The van der Waals surface area contributed by atoms with E-state index >= 15 is 0 Å². The summed E-state index contributed by atoms with van der Waals surface area (Å²) in [7, 11) is 2.06. The lowest BCUT2D eigenvalue weighted by Crippen LogP contribution is -2.46. The topological polar surface area (TPSA) is 21.3 Å². The van der Waals surface area contributed by atoms with Crippen LogP contribution in [0.1, 0.15) is 57.6 Å². The fraction of sp³-hybridized carbons (Fsp3) is 0.667. The first-order chi connectivity index (χ1) is 10.0. The van der Waals surface area contributed by atoms with Gasteiger partial charge in [-0.25, -0.2) is 0 Å². The minimum Gasteiger partial charge on any atom is -0.487 e. The van der Waals surface area contributed by atoms with Crippen LogP contribution in [0, 0.1) is 11.8 Å². The van der Waals surface area contributed by atoms with Gasteiger partial charge in [-0.1, -0.05) is 35.8 Å². The average Bonchev–Trinajstić information content (AvgIpc) is 2.46. The Bertz CT molecular complexity index is 506. The molecule has 0 bridgehead atoms. The Labute approximate surface area is 136 Å². The first kappa shape index (κ1) is 15.4. The maximum Gasteiger partial charge on any atom is 0.126 e. The highest BCUT2D eigenvalue weighted by atomic mass is 79.9. The third kappa shape index (κ3) is 3.00. The molecule has 0 aromatic heterocycles. The van der Waals surface area contributed by atoms with Crippen LogP contribution < -0.4 is 10.1 Å². The highest BCUT2D eigenvalue weighted by molar-refractivity contribution is 9.10. The van der Waals surface area contributed by atoms with Gasteiger partial charge in [-0.2, -0.15) is 0 Å². The lowest BCUT2D eigenvalue weighted by molar-refractivity contribution is -0.0192. The SMILES string of the molecule is CNC1CC2(CCC(C(C)C)CC2)Oc2cc(Br)ccc21. The molecule has 0 amide bonds.